The van der Waals surface area contributed by atoms with Crippen LogP contribution in [0, 0.1) is 5.92 Å². The lowest BCUT2D eigenvalue weighted by Crippen LogP contribution is -2.32. The molecule has 2 aromatic heterocycles. The molecule has 1 amide bonds. The highest BCUT2D eigenvalue weighted by atomic mass is 19.4. The number of nitrogens with zero attached hydrogens (tertiary/aromatic N) is 3. The molecule has 0 aliphatic heterocycles. The fourth-order valence-corrected chi connectivity index (χ4v) is 3.89. The summed E-state index contributed by atoms with van der Waals surface area (Å²) in [5, 5.41) is 9.54. The van der Waals surface area contributed by atoms with Crippen molar-refractivity contribution < 1.29 is 27.9 Å². The van der Waals surface area contributed by atoms with Gasteiger partial charge in [0.1, 0.15) is 6.54 Å². The molecule has 2 heterocycles. The number of rotatable bonds is 7. The molecule has 6 nitrogen and oxygen atoms in total. The zero-order chi connectivity index (χ0) is 23.0. The second kappa shape index (κ2) is 8.29. The van der Waals surface area contributed by atoms with Gasteiger partial charge in [0, 0.05) is 46.9 Å². The molecule has 1 saturated carbocycles. The van der Waals surface area contributed by atoms with Gasteiger partial charge in [0.2, 0.25) is 5.91 Å². The first kappa shape index (κ1) is 21.9. The van der Waals surface area contributed by atoms with Crippen LogP contribution in [0.15, 0.2) is 42.7 Å². The standard InChI is InChI=1S/C23H22F3N3O3/c1-2-28(22(32)14-5-6-14)12-19-16(4-3-9-27-19)18-11-29(13-21(30)31)20-8-7-15(10-17(18)20)23(24,25)26/h3-4,7-11,14H,2,5-6,12-13H2,1H3,(H,30,31). The van der Waals surface area contributed by atoms with Gasteiger partial charge in [-0.15, -0.1) is 0 Å². The summed E-state index contributed by atoms with van der Waals surface area (Å²) >= 11 is 0. The third-order valence-electron chi connectivity index (χ3n) is 5.66. The van der Waals surface area contributed by atoms with Gasteiger partial charge in [-0.25, -0.2) is 0 Å². The first-order valence-electron chi connectivity index (χ1n) is 10.3. The number of alkyl halides is 3. The summed E-state index contributed by atoms with van der Waals surface area (Å²) in [7, 11) is 0. The Morgan fingerprint density at radius 3 is 2.59 bits per heavy atom. The maximum atomic E-state index is 13.4. The molecule has 168 valence electrons. The average molecular weight is 445 g/mol. The normalized spacial score (nSPS) is 14.0. The first-order chi connectivity index (χ1) is 15.2. The molecule has 3 aromatic rings. The smallest absolute Gasteiger partial charge is 0.416 e. The van der Waals surface area contributed by atoms with Gasteiger partial charge in [-0.3, -0.25) is 14.6 Å². The summed E-state index contributed by atoms with van der Waals surface area (Å²) in [5.41, 5.74) is 1.14. The molecule has 0 saturated heterocycles. The maximum Gasteiger partial charge on any atom is 0.416 e. The molecule has 4 rings (SSSR count). The van der Waals surface area contributed by atoms with Crippen molar-refractivity contribution in [3.8, 4) is 11.1 Å². The van der Waals surface area contributed by atoms with E-state index in [0.717, 1.165) is 25.0 Å². The number of carboxylic acid groups (broad SMARTS) is 1. The number of halogens is 3. The van der Waals surface area contributed by atoms with Crippen LogP contribution in [-0.4, -0.2) is 38.0 Å². The van der Waals surface area contributed by atoms with Gasteiger partial charge in [-0.2, -0.15) is 13.2 Å². The average Bonchev–Trinajstić information content (AvgIpc) is 3.54. The van der Waals surface area contributed by atoms with Gasteiger partial charge in [-0.1, -0.05) is 6.07 Å². The van der Waals surface area contributed by atoms with Crippen molar-refractivity contribution in [3.05, 3.63) is 54.0 Å². The quantitative estimate of drug-likeness (QED) is 0.578. The van der Waals surface area contributed by atoms with Crippen molar-refractivity contribution in [2.75, 3.05) is 6.54 Å². The van der Waals surface area contributed by atoms with Crippen molar-refractivity contribution in [1.82, 2.24) is 14.5 Å². The second-order valence-electron chi connectivity index (χ2n) is 7.92. The summed E-state index contributed by atoms with van der Waals surface area (Å²) in [6, 6.07) is 6.67. The number of carboxylic acids is 1. The predicted molar refractivity (Wildman–Crippen MR) is 112 cm³/mol. The molecule has 1 aliphatic rings. The van der Waals surface area contributed by atoms with Crippen molar-refractivity contribution in [3.63, 3.8) is 0 Å². The highest BCUT2D eigenvalue weighted by Gasteiger charge is 2.34. The van der Waals surface area contributed by atoms with Crippen LogP contribution in [0.1, 0.15) is 31.0 Å². The van der Waals surface area contributed by atoms with Crippen LogP contribution in [0.2, 0.25) is 0 Å². The molecule has 0 radical (unpaired) electrons. The minimum absolute atomic E-state index is 0.0361. The number of amides is 1. The Balaban J connectivity index is 1.83. The number of pyridine rings is 1. The Bertz CT molecular complexity index is 1180. The van der Waals surface area contributed by atoms with Gasteiger partial charge in [0.05, 0.1) is 17.8 Å². The Kier molecular flexibility index (Phi) is 5.66. The first-order valence-corrected chi connectivity index (χ1v) is 10.3. The number of hydrogen-bond acceptors (Lipinski definition) is 3. The Morgan fingerprint density at radius 1 is 1.22 bits per heavy atom. The van der Waals surface area contributed by atoms with Crippen LogP contribution < -0.4 is 0 Å². The zero-order valence-electron chi connectivity index (χ0n) is 17.4. The molecule has 9 heteroatoms. The lowest BCUT2D eigenvalue weighted by atomic mass is 10.0. The van der Waals surface area contributed by atoms with E-state index in [4.69, 9.17) is 0 Å². The van der Waals surface area contributed by atoms with E-state index in [0.29, 0.717) is 28.9 Å². The maximum absolute atomic E-state index is 13.4. The van der Waals surface area contributed by atoms with Gasteiger partial charge >= 0.3 is 12.1 Å². The zero-order valence-corrected chi connectivity index (χ0v) is 17.4. The number of carbonyl (C=O) groups excluding carboxylic acids is 1. The van der Waals surface area contributed by atoms with Crippen LogP contribution in [0.25, 0.3) is 22.0 Å². The molecule has 0 bridgehead atoms. The summed E-state index contributed by atoms with van der Waals surface area (Å²) in [6.45, 7) is 2.20. The highest BCUT2D eigenvalue weighted by molar-refractivity contribution is 5.97. The molecule has 1 aromatic carbocycles. The van der Waals surface area contributed by atoms with Crippen LogP contribution in [0.5, 0.6) is 0 Å². The third-order valence-corrected chi connectivity index (χ3v) is 5.66. The SMILES string of the molecule is CCN(Cc1ncccc1-c1cn(CC(=O)O)c2ccc(C(F)(F)F)cc12)C(=O)C1CC1. The van der Waals surface area contributed by atoms with E-state index in [9.17, 15) is 27.9 Å². The number of carbonyl (C=O) groups is 2. The molecule has 1 fully saturated rings. The summed E-state index contributed by atoms with van der Waals surface area (Å²) in [6.07, 6.45) is 0.318. The number of aromatic nitrogens is 2. The largest absolute Gasteiger partial charge is 0.480 e. The third kappa shape index (κ3) is 4.32. The lowest BCUT2D eigenvalue weighted by Gasteiger charge is -2.21. The topological polar surface area (TPSA) is 75.4 Å². The number of benzene rings is 1. The van der Waals surface area contributed by atoms with Crippen LogP contribution in [-0.2, 0) is 28.9 Å². The molecular formula is C23H22F3N3O3. The van der Waals surface area contributed by atoms with Gasteiger partial charge < -0.3 is 14.6 Å². The fraction of sp³-hybridized carbons (Fsp3) is 0.348. The van der Waals surface area contributed by atoms with E-state index in [1.165, 1.54) is 10.6 Å². The number of hydrogen-bond donors (Lipinski definition) is 1. The molecular weight excluding hydrogens is 423 g/mol. The number of fused-ring (bicyclic) bond motifs is 1. The van der Waals surface area contributed by atoms with Crippen molar-refractivity contribution >= 4 is 22.8 Å². The minimum atomic E-state index is -4.53. The van der Waals surface area contributed by atoms with E-state index in [1.54, 1.807) is 29.4 Å². The van der Waals surface area contributed by atoms with Gasteiger partial charge in [-0.05, 0) is 44.0 Å². The molecule has 1 N–H and O–H groups in total. The Labute approximate surface area is 182 Å². The molecule has 0 spiro atoms. The predicted octanol–water partition coefficient (Wildman–Crippen LogP) is 4.57. The van der Waals surface area contributed by atoms with E-state index >= 15 is 0 Å². The minimum Gasteiger partial charge on any atom is -0.480 e. The number of aliphatic carboxylic acids is 1. The fourth-order valence-electron chi connectivity index (χ4n) is 3.89. The Hall–Kier alpha value is -3.36. The highest BCUT2D eigenvalue weighted by Crippen LogP contribution is 2.38. The van der Waals surface area contributed by atoms with E-state index in [1.807, 2.05) is 6.92 Å². The van der Waals surface area contributed by atoms with Gasteiger partial charge in [0.25, 0.3) is 0 Å². The summed E-state index contributed by atoms with van der Waals surface area (Å²) in [5.74, 6) is -1.02. The van der Waals surface area contributed by atoms with Crippen LogP contribution >= 0.6 is 0 Å². The molecule has 1 aliphatic carbocycles. The van der Waals surface area contributed by atoms with Crippen molar-refractivity contribution in [1.29, 1.82) is 0 Å². The Morgan fingerprint density at radius 2 is 1.97 bits per heavy atom. The van der Waals surface area contributed by atoms with E-state index < -0.39 is 24.3 Å². The monoisotopic (exact) mass is 445 g/mol. The van der Waals surface area contributed by atoms with E-state index in [-0.39, 0.29) is 23.8 Å². The molecule has 32 heavy (non-hydrogen) atoms. The van der Waals surface area contributed by atoms with Crippen molar-refractivity contribution in [2.24, 2.45) is 5.92 Å². The van der Waals surface area contributed by atoms with Gasteiger partial charge in [0.15, 0.2) is 0 Å². The van der Waals surface area contributed by atoms with Crippen LogP contribution in [0.4, 0.5) is 13.2 Å². The van der Waals surface area contributed by atoms with Crippen LogP contribution in [0.3, 0.4) is 0 Å². The lowest BCUT2D eigenvalue weighted by molar-refractivity contribution is -0.138. The second-order valence-corrected chi connectivity index (χ2v) is 7.92. The van der Waals surface area contributed by atoms with E-state index in [2.05, 4.69) is 4.98 Å². The summed E-state index contributed by atoms with van der Waals surface area (Å²) in [4.78, 5) is 30.0. The molecule has 0 unspecified atom stereocenters. The molecule has 0 atom stereocenters. The summed E-state index contributed by atoms with van der Waals surface area (Å²) < 4.78 is 41.5. The van der Waals surface area contributed by atoms with Crippen molar-refractivity contribution in [2.45, 2.75) is 39.0 Å².